The maximum absolute atomic E-state index is 4.39. The van der Waals surface area contributed by atoms with Crippen LogP contribution in [0.1, 0.15) is 26.2 Å². The molecule has 1 saturated heterocycles. The van der Waals surface area contributed by atoms with Crippen molar-refractivity contribution in [2.75, 3.05) is 25.4 Å². The van der Waals surface area contributed by atoms with Gasteiger partial charge in [0.15, 0.2) is 11.0 Å². The minimum atomic E-state index is 0.892. The summed E-state index contributed by atoms with van der Waals surface area (Å²) in [6.45, 7) is 6.94. The molecule has 6 heteroatoms. The number of hydrogen-bond acceptors (Lipinski definition) is 4. The van der Waals surface area contributed by atoms with E-state index < -0.39 is 0 Å². The maximum Gasteiger partial charge on any atom is 0.191 e. The van der Waals surface area contributed by atoms with Crippen molar-refractivity contribution < 1.29 is 4.90 Å². The third-order valence-electron chi connectivity index (χ3n) is 4.22. The maximum atomic E-state index is 4.39. The summed E-state index contributed by atoms with van der Waals surface area (Å²) in [5.41, 5.74) is 1.08. The Balaban J connectivity index is 1.63. The van der Waals surface area contributed by atoms with E-state index in [1.54, 1.807) is 17.3 Å². The molecule has 0 atom stereocenters. The van der Waals surface area contributed by atoms with Gasteiger partial charge >= 0.3 is 0 Å². The number of aromatic nitrogens is 4. The molecule has 2 aromatic rings. The minimum Gasteiger partial charge on any atom is -0.334 e. The molecule has 0 aromatic carbocycles. The summed E-state index contributed by atoms with van der Waals surface area (Å²) in [7, 11) is 0. The molecular formula is C16H24N5S+. The van der Waals surface area contributed by atoms with Gasteiger partial charge in [-0.1, -0.05) is 11.8 Å². The Hall–Kier alpha value is -1.40. The third kappa shape index (κ3) is 3.67. The standard InChI is InChI=1S/C16H23N5S/c1-2-21-15(14-6-8-17-9-7-14)18-19-16(21)22-13-12-20-10-4-3-5-11-20/h6-9H,2-5,10-13H2,1H3/p+1. The molecule has 0 aliphatic carbocycles. The van der Waals surface area contributed by atoms with Crippen LogP contribution in [-0.2, 0) is 6.54 Å². The zero-order valence-electron chi connectivity index (χ0n) is 13.2. The van der Waals surface area contributed by atoms with Gasteiger partial charge in [0.25, 0.3) is 0 Å². The predicted octanol–water partition coefficient (Wildman–Crippen LogP) is 1.52. The lowest BCUT2D eigenvalue weighted by molar-refractivity contribution is -0.902. The van der Waals surface area contributed by atoms with Gasteiger partial charge < -0.3 is 9.47 Å². The monoisotopic (exact) mass is 318 g/mol. The number of pyridine rings is 1. The number of hydrogen-bond donors (Lipinski definition) is 1. The van der Waals surface area contributed by atoms with E-state index in [1.807, 2.05) is 23.9 Å². The van der Waals surface area contributed by atoms with Gasteiger partial charge in [0.1, 0.15) is 0 Å². The highest BCUT2D eigenvalue weighted by atomic mass is 32.2. The van der Waals surface area contributed by atoms with Gasteiger partial charge in [-0.15, -0.1) is 10.2 Å². The van der Waals surface area contributed by atoms with E-state index >= 15 is 0 Å². The average molecular weight is 318 g/mol. The van der Waals surface area contributed by atoms with Crippen molar-refractivity contribution in [2.45, 2.75) is 37.9 Å². The molecule has 1 N–H and O–H groups in total. The average Bonchev–Trinajstić information content (AvgIpc) is 2.99. The number of nitrogens with zero attached hydrogens (tertiary/aromatic N) is 4. The first-order valence-electron chi connectivity index (χ1n) is 8.18. The molecule has 0 radical (unpaired) electrons. The fourth-order valence-electron chi connectivity index (χ4n) is 2.98. The van der Waals surface area contributed by atoms with Crippen LogP contribution in [0.25, 0.3) is 11.4 Å². The van der Waals surface area contributed by atoms with Gasteiger partial charge in [-0.25, -0.2) is 0 Å². The zero-order chi connectivity index (χ0) is 15.2. The first kappa shape index (κ1) is 15.5. The number of likely N-dealkylation sites (tertiary alicyclic amines) is 1. The summed E-state index contributed by atoms with van der Waals surface area (Å²) in [6.07, 6.45) is 7.79. The highest BCUT2D eigenvalue weighted by Gasteiger charge is 2.16. The summed E-state index contributed by atoms with van der Waals surface area (Å²) < 4.78 is 2.20. The number of piperidine rings is 1. The highest BCUT2D eigenvalue weighted by Crippen LogP contribution is 2.22. The Kier molecular flexibility index (Phi) is 5.45. The smallest absolute Gasteiger partial charge is 0.191 e. The van der Waals surface area contributed by atoms with Crippen LogP contribution in [0.3, 0.4) is 0 Å². The van der Waals surface area contributed by atoms with Gasteiger partial charge in [-0.05, 0) is 38.3 Å². The Morgan fingerprint density at radius 3 is 2.64 bits per heavy atom. The van der Waals surface area contributed by atoms with Crippen LogP contribution in [0.4, 0.5) is 0 Å². The first-order valence-corrected chi connectivity index (χ1v) is 9.17. The van der Waals surface area contributed by atoms with Crippen LogP contribution in [0.2, 0.25) is 0 Å². The topological polar surface area (TPSA) is 48.0 Å². The lowest BCUT2D eigenvalue weighted by Gasteiger charge is -2.23. The molecule has 3 rings (SSSR count). The second kappa shape index (κ2) is 7.74. The SMILES string of the molecule is CCn1c(SCC[NH+]2CCCCC2)nnc1-c1ccncc1. The molecule has 0 bridgehead atoms. The molecule has 0 spiro atoms. The van der Waals surface area contributed by atoms with E-state index in [0.29, 0.717) is 0 Å². The third-order valence-corrected chi connectivity index (χ3v) is 5.19. The van der Waals surface area contributed by atoms with Gasteiger partial charge in [-0.2, -0.15) is 0 Å². The molecule has 118 valence electrons. The number of thioether (sulfide) groups is 1. The van der Waals surface area contributed by atoms with Gasteiger partial charge in [0, 0.05) is 24.5 Å². The molecule has 5 nitrogen and oxygen atoms in total. The minimum absolute atomic E-state index is 0.892. The molecule has 3 heterocycles. The Labute approximate surface area is 136 Å². The molecule has 0 saturated carbocycles. The van der Waals surface area contributed by atoms with Crippen molar-refractivity contribution in [1.29, 1.82) is 0 Å². The van der Waals surface area contributed by atoms with Crippen LogP contribution in [0, 0.1) is 0 Å². The van der Waals surface area contributed by atoms with Crippen molar-refractivity contribution in [3.05, 3.63) is 24.5 Å². The van der Waals surface area contributed by atoms with Crippen LogP contribution in [0.15, 0.2) is 29.7 Å². The zero-order valence-corrected chi connectivity index (χ0v) is 14.0. The summed E-state index contributed by atoms with van der Waals surface area (Å²) in [4.78, 5) is 5.82. The second-order valence-electron chi connectivity index (χ2n) is 5.70. The molecule has 0 amide bonds. The second-order valence-corrected chi connectivity index (χ2v) is 6.76. The molecular weight excluding hydrogens is 294 g/mol. The molecule has 2 aromatic heterocycles. The summed E-state index contributed by atoms with van der Waals surface area (Å²) in [6, 6.07) is 3.98. The van der Waals surface area contributed by atoms with E-state index in [4.69, 9.17) is 0 Å². The van der Waals surface area contributed by atoms with E-state index in [2.05, 4.69) is 26.7 Å². The number of nitrogens with one attached hydrogen (secondary N) is 1. The molecule has 1 aliphatic rings. The van der Waals surface area contributed by atoms with Crippen LogP contribution >= 0.6 is 11.8 Å². The van der Waals surface area contributed by atoms with E-state index in [0.717, 1.165) is 28.8 Å². The van der Waals surface area contributed by atoms with Crippen molar-refractivity contribution in [2.24, 2.45) is 0 Å². The molecule has 22 heavy (non-hydrogen) atoms. The normalized spacial score (nSPS) is 16.0. The lowest BCUT2D eigenvalue weighted by atomic mass is 10.1. The van der Waals surface area contributed by atoms with Crippen LogP contribution in [-0.4, -0.2) is 45.1 Å². The highest BCUT2D eigenvalue weighted by molar-refractivity contribution is 7.99. The fourth-order valence-corrected chi connectivity index (χ4v) is 4.03. The van der Waals surface area contributed by atoms with Crippen molar-refractivity contribution in [3.8, 4) is 11.4 Å². The molecule has 1 fully saturated rings. The first-order chi connectivity index (χ1) is 10.9. The summed E-state index contributed by atoms with van der Waals surface area (Å²) in [5, 5.41) is 9.81. The van der Waals surface area contributed by atoms with Crippen LogP contribution in [0.5, 0.6) is 0 Å². The van der Waals surface area contributed by atoms with Crippen molar-refractivity contribution in [1.82, 2.24) is 19.7 Å². The largest absolute Gasteiger partial charge is 0.334 e. The van der Waals surface area contributed by atoms with Crippen molar-refractivity contribution in [3.63, 3.8) is 0 Å². The Morgan fingerprint density at radius 1 is 1.14 bits per heavy atom. The molecule has 0 unspecified atom stereocenters. The summed E-state index contributed by atoms with van der Waals surface area (Å²) >= 11 is 1.83. The molecule has 1 aliphatic heterocycles. The lowest BCUT2D eigenvalue weighted by Crippen LogP contribution is -3.13. The quantitative estimate of drug-likeness (QED) is 0.821. The Bertz CT molecular complexity index is 577. The van der Waals surface area contributed by atoms with E-state index in [-0.39, 0.29) is 0 Å². The van der Waals surface area contributed by atoms with Gasteiger partial charge in [-0.3, -0.25) is 4.98 Å². The Morgan fingerprint density at radius 2 is 1.91 bits per heavy atom. The fraction of sp³-hybridized carbons (Fsp3) is 0.562. The van der Waals surface area contributed by atoms with Crippen LogP contribution < -0.4 is 4.90 Å². The van der Waals surface area contributed by atoms with Crippen molar-refractivity contribution >= 4 is 11.8 Å². The summed E-state index contributed by atoms with van der Waals surface area (Å²) in [5.74, 6) is 2.06. The van der Waals surface area contributed by atoms with Gasteiger partial charge in [0.05, 0.1) is 25.4 Å². The predicted molar refractivity (Wildman–Crippen MR) is 89.1 cm³/mol. The number of rotatable bonds is 6. The van der Waals surface area contributed by atoms with E-state index in [9.17, 15) is 0 Å². The number of quaternary nitrogens is 1. The van der Waals surface area contributed by atoms with E-state index in [1.165, 1.54) is 38.9 Å². The van der Waals surface area contributed by atoms with Gasteiger partial charge in [0.2, 0.25) is 0 Å².